The molecule has 3 aromatic rings. The second-order valence-electron chi connectivity index (χ2n) is 9.26. The van der Waals surface area contributed by atoms with E-state index in [0.717, 1.165) is 28.0 Å². The van der Waals surface area contributed by atoms with Crippen molar-refractivity contribution in [2.75, 3.05) is 7.11 Å². The summed E-state index contributed by atoms with van der Waals surface area (Å²) in [5.74, 6) is 0.950. The molecule has 4 rings (SSSR count). The van der Waals surface area contributed by atoms with Gasteiger partial charge < -0.3 is 19.8 Å². The second kappa shape index (κ2) is 9.92. The van der Waals surface area contributed by atoms with E-state index in [1.807, 2.05) is 56.3 Å². The summed E-state index contributed by atoms with van der Waals surface area (Å²) in [6.45, 7) is 8.58. The van der Waals surface area contributed by atoms with Crippen molar-refractivity contribution < 1.29 is 14.9 Å². The Morgan fingerprint density at radius 1 is 1.11 bits per heavy atom. The van der Waals surface area contributed by atoms with Gasteiger partial charge in [0.15, 0.2) is 5.11 Å². The first-order valence-corrected chi connectivity index (χ1v) is 11.9. The molecule has 0 fully saturated rings. The molecular weight excluding hydrogens is 456 g/mol. The van der Waals surface area contributed by atoms with Crippen LogP contribution in [0.1, 0.15) is 48.6 Å². The molecule has 1 aliphatic rings. The van der Waals surface area contributed by atoms with Gasteiger partial charge in [-0.05, 0) is 53.7 Å². The number of benzene rings is 3. The lowest BCUT2D eigenvalue weighted by Gasteiger charge is -2.38. The highest BCUT2D eigenvalue weighted by Crippen LogP contribution is 2.43. The van der Waals surface area contributed by atoms with E-state index < -0.39 is 5.41 Å². The van der Waals surface area contributed by atoms with Crippen LogP contribution in [0.2, 0.25) is 0 Å². The zero-order chi connectivity index (χ0) is 25.2. The molecule has 35 heavy (non-hydrogen) atoms. The smallest absolute Gasteiger partial charge is 0.196 e. The Balaban J connectivity index is 1.86. The monoisotopic (exact) mass is 486 g/mol. The van der Waals surface area contributed by atoms with Crippen LogP contribution in [-0.4, -0.2) is 33.0 Å². The molecule has 3 aromatic carbocycles. The molecule has 0 radical (unpaired) electrons. The molecule has 0 saturated heterocycles. The average Bonchev–Trinajstić information content (AvgIpc) is 2.86. The molecule has 0 spiro atoms. The number of hydrogen-bond donors (Lipinski definition) is 2. The second-order valence-corrected chi connectivity index (χ2v) is 9.62. The van der Waals surface area contributed by atoms with Crippen molar-refractivity contribution in [3.05, 3.63) is 102 Å². The Morgan fingerprint density at radius 3 is 2.43 bits per heavy atom. The van der Waals surface area contributed by atoms with Crippen molar-refractivity contribution in [2.45, 2.75) is 38.3 Å². The summed E-state index contributed by atoms with van der Waals surface area (Å²) in [5.41, 5.74) is 4.09. The van der Waals surface area contributed by atoms with E-state index in [0.29, 0.717) is 23.8 Å². The van der Waals surface area contributed by atoms with Crippen LogP contribution in [0.25, 0.3) is 0 Å². The van der Waals surface area contributed by atoms with Crippen molar-refractivity contribution >= 4 is 23.0 Å². The fourth-order valence-corrected chi connectivity index (χ4v) is 4.68. The Morgan fingerprint density at radius 2 is 1.80 bits per heavy atom. The summed E-state index contributed by atoms with van der Waals surface area (Å²) in [6.07, 6.45) is 2.40. The first kappa shape index (κ1) is 24.5. The molecule has 180 valence electrons. The minimum atomic E-state index is -0.446. The first-order chi connectivity index (χ1) is 16.7. The van der Waals surface area contributed by atoms with Crippen LogP contribution in [0.4, 0.5) is 0 Å². The van der Waals surface area contributed by atoms with E-state index in [9.17, 15) is 10.2 Å². The first-order valence-electron chi connectivity index (χ1n) is 11.5. The van der Waals surface area contributed by atoms with Gasteiger partial charge in [-0.25, -0.2) is 4.99 Å². The van der Waals surface area contributed by atoms with Crippen LogP contribution >= 0.6 is 12.2 Å². The van der Waals surface area contributed by atoms with Gasteiger partial charge in [0.1, 0.15) is 17.2 Å². The lowest BCUT2D eigenvalue weighted by Crippen LogP contribution is -2.38. The topological polar surface area (TPSA) is 65.3 Å². The predicted octanol–water partition coefficient (Wildman–Crippen LogP) is 6.29. The molecule has 2 N–H and O–H groups in total. The molecule has 1 heterocycles. The summed E-state index contributed by atoms with van der Waals surface area (Å²) in [6, 6.07) is 20.6. The molecule has 1 atom stereocenters. The lowest BCUT2D eigenvalue weighted by atomic mass is 9.81. The van der Waals surface area contributed by atoms with E-state index in [2.05, 4.69) is 23.6 Å². The number of methoxy groups -OCH3 is 1. The summed E-state index contributed by atoms with van der Waals surface area (Å²) in [5, 5.41) is 21.0. The van der Waals surface area contributed by atoms with Gasteiger partial charge in [-0.3, -0.25) is 0 Å². The number of allylic oxidation sites excluding steroid dienone is 1. The molecule has 0 aliphatic carbocycles. The number of thiocarbonyl (C=S) groups is 1. The molecule has 0 saturated carbocycles. The number of rotatable bonds is 7. The summed E-state index contributed by atoms with van der Waals surface area (Å²) in [7, 11) is 1.61. The highest BCUT2D eigenvalue weighted by molar-refractivity contribution is 7.80. The van der Waals surface area contributed by atoms with Gasteiger partial charge in [0, 0.05) is 35.6 Å². The van der Waals surface area contributed by atoms with Crippen molar-refractivity contribution in [3.63, 3.8) is 0 Å². The zero-order valence-electron chi connectivity index (χ0n) is 20.2. The van der Waals surface area contributed by atoms with Gasteiger partial charge in [0.05, 0.1) is 18.9 Å². The maximum Gasteiger partial charge on any atom is 0.196 e. The summed E-state index contributed by atoms with van der Waals surface area (Å²) in [4.78, 5) is 6.89. The number of phenols is 2. The fraction of sp³-hybridized carbons (Fsp3) is 0.241. The molecule has 0 amide bonds. The molecule has 1 unspecified atom stereocenters. The van der Waals surface area contributed by atoms with E-state index >= 15 is 0 Å². The summed E-state index contributed by atoms with van der Waals surface area (Å²) < 4.78 is 5.74. The van der Waals surface area contributed by atoms with E-state index in [4.69, 9.17) is 21.9 Å². The molecule has 1 aliphatic heterocycles. The maximum atomic E-state index is 10.8. The van der Waals surface area contributed by atoms with Crippen LogP contribution in [0.3, 0.4) is 0 Å². The Hall–Kier alpha value is -3.64. The largest absolute Gasteiger partial charge is 0.508 e. The van der Waals surface area contributed by atoms with E-state index in [1.165, 1.54) is 0 Å². The minimum Gasteiger partial charge on any atom is -0.508 e. The van der Waals surface area contributed by atoms with Gasteiger partial charge in [-0.1, -0.05) is 50.3 Å². The van der Waals surface area contributed by atoms with Gasteiger partial charge in [0.25, 0.3) is 0 Å². The van der Waals surface area contributed by atoms with Crippen LogP contribution in [-0.2, 0) is 12.0 Å². The zero-order valence-corrected chi connectivity index (χ0v) is 21.0. The third-order valence-corrected chi connectivity index (χ3v) is 6.87. The normalized spacial score (nSPS) is 16.1. The van der Waals surface area contributed by atoms with Crippen LogP contribution in [0, 0.1) is 0 Å². The van der Waals surface area contributed by atoms with Crippen LogP contribution in [0.15, 0.2) is 84.4 Å². The van der Waals surface area contributed by atoms with Gasteiger partial charge in [-0.15, -0.1) is 6.58 Å². The Bertz CT molecular complexity index is 1270. The van der Waals surface area contributed by atoms with Crippen molar-refractivity contribution in [1.82, 2.24) is 4.90 Å². The SMILES string of the molecule is C=CC(C)(C)c1cc(C2CC(c3ccc(O)cc3)=NC(=S)N2Cc2ccccc2)c(OC)cc1O. The number of nitrogens with zero attached hydrogens (tertiary/aromatic N) is 2. The molecule has 5 nitrogen and oxygen atoms in total. The fourth-order valence-electron chi connectivity index (χ4n) is 4.37. The average molecular weight is 487 g/mol. The molecule has 6 heteroatoms. The molecular formula is C29H30N2O3S. The standard InChI is InChI=1S/C29H30N2O3S/c1-5-29(2,3)23-15-22(27(34-4)17-26(23)33)25-16-24(20-11-13-21(32)14-12-20)30-28(35)31(25)18-19-9-7-6-8-10-19/h5-15,17,25,32-33H,1,16,18H2,2-4H3. The van der Waals surface area contributed by atoms with E-state index in [-0.39, 0.29) is 17.5 Å². The van der Waals surface area contributed by atoms with Crippen molar-refractivity contribution in [2.24, 2.45) is 4.99 Å². The van der Waals surface area contributed by atoms with E-state index in [1.54, 1.807) is 25.3 Å². The minimum absolute atomic E-state index is 0.163. The number of hydrogen-bond acceptors (Lipinski definition) is 4. The van der Waals surface area contributed by atoms with Crippen molar-refractivity contribution in [1.29, 1.82) is 0 Å². The number of aliphatic imine (C=N–C) groups is 1. The molecule has 0 bridgehead atoms. The lowest BCUT2D eigenvalue weighted by molar-refractivity contribution is 0.298. The summed E-state index contributed by atoms with van der Waals surface area (Å²) >= 11 is 5.82. The Labute approximate surface area is 212 Å². The third kappa shape index (κ3) is 5.08. The number of aromatic hydroxyl groups is 2. The number of ether oxygens (including phenoxy) is 1. The molecule has 0 aromatic heterocycles. The van der Waals surface area contributed by atoms with Gasteiger partial charge in [0.2, 0.25) is 0 Å². The van der Waals surface area contributed by atoms with Crippen molar-refractivity contribution in [3.8, 4) is 17.2 Å². The third-order valence-electron chi connectivity index (χ3n) is 6.55. The quantitative estimate of drug-likeness (QED) is 0.303. The highest BCUT2D eigenvalue weighted by Gasteiger charge is 2.33. The highest BCUT2D eigenvalue weighted by atomic mass is 32.1. The van der Waals surface area contributed by atoms with Crippen LogP contribution < -0.4 is 4.74 Å². The Kier molecular flexibility index (Phi) is 6.94. The van der Waals surface area contributed by atoms with Gasteiger partial charge >= 0.3 is 0 Å². The maximum absolute atomic E-state index is 10.8. The number of phenolic OH excluding ortho intramolecular Hbond substituents is 2. The van der Waals surface area contributed by atoms with Crippen LogP contribution in [0.5, 0.6) is 17.2 Å². The predicted molar refractivity (Wildman–Crippen MR) is 144 cm³/mol. The van der Waals surface area contributed by atoms with Gasteiger partial charge in [-0.2, -0.15) is 0 Å².